The molecule has 0 saturated carbocycles. The Balaban J connectivity index is 1.46. The number of esters is 1. The molecule has 0 N–H and O–H groups in total. The maximum Gasteiger partial charge on any atom is 0.327 e. The lowest BCUT2D eigenvalue weighted by Crippen LogP contribution is -2.51. The number of carbonyl (C=O) groups excluding carboxylic acids is 2. The van der Waals surface area contributed by atoms with Crippen molar-refractivity contribution in [1.82, 2.24) is 19.6 Å². The van der Waals surface area contributed by atoms with E-state index < -0.39 is 16.9 Å². The zero-order valence-corrected chi connectivity index (χ0v) is 19.1. The molecule has 1 aliphatic rings. The van der Waals surface area contributed by atoms with Crippen molar-refractivity contribution in [2.45, 2.75) is 6.04 Å². The Hall–Kier alpha value is -3.76. The van der Waals surface area contributed by atoms with Crippen LogP contribution in [-0.4, -0.2) is 69.7 Å². The molecule has 1 aromatic heterocycles. The largest absolute Gasteiger partial charge is 0.468 e. The number of halogens is 1. The highest BCUT2D eigenvalue weighted by Gasteiger charge is 2.34. The molecule has 11 heteroatoms. The van der Waals surface area contributed by atoms with Gasteiger partial charge < -0.3 is 9.64 Å². The average Bonchev–Trinajstić information content (AvgIpc) is 3.36. The molecular formula is C23H22ClN5O5. The number of ether oxygens (including phenoxy) is 1. The number of methoxy groups -OCH3 is 1. The van der Waals surface area contributed by atoms with Gasteiger partial charge in [0.15, 0.2) is 5.69 Å². The zero-order valence-electron chi connectivity index (χ0n) is 18.3. The van der Waals surface area contributed by atoms with E-state index in [0.29, 0.717) is 42.5 Å². The van der Waals surface area contributed by atoms with Crippen LogP contribution >= 0.6 is 11.6 Å². The second-order valence-electron chi connectivity index (χ2n) is 7.70. The number of piperazine rings is 1. The molecule has 1 saturated heterocycles. The summed E-state index contributed by atoms with van der Waals surface area (Å²) >= 11 is 6.33. The normalized spacial score (nSPS) is 15.1. The molecular weight excluding hydrogens is 462 g/mol. The minimum atomic E-state index is -0.663. The highest BCUT2D eigenvalue weighted by Crippen LogP contribution is 2.29. The molecule has 4 rings (SSSR count). The van der Waals surface area contributed by atoms with Crippen molar-refractivity contribution < 1.29 is 19.2 Å². The van der Waals surface area contributed by atoms with Crippen LogP contribution in [0.4, 0.5) is 5.69 Å². The monoisotopic (exact) mass is 483 g/mol. The van der Waals surface area contributed by atoms with Gasteiger partial charge in [0.05, 0.1) is 17.7 Å². The van der Waals surface area contributed by atoms with Gasteiger partial charge in [0.25, 0.3) is 11.6 Å². The Morgan fingerprint density at radius 1 is 1.09 bits per heavy atom. The van der Waals surface area contributed by atoms with Gasteiger partial charge in [0.1, 0.15) is 6.04 Å². The number of hydrogen-bond donors (Lipinski definition) is 0. The van der Waals surface area contributed by atoms with Crippen LogP contribution in [0.1, 0.15) is 22.1 Å². The first kappa shape index (κ1) is 23.4. The number of nitro benzene ring substituents is 1. The lowest BCUT2D eigenvalue weighted by Gasteiger charge is -2.38. The second-order valence-corrected chi connectivity index (χ2v) is 8.11. The summed E-state index contributed by atoms with van der Waals surface area (Å²) in [6.45, 7) is 1.67. The number of rotatable bonds is 6. The fourth-order valence-corrected chi connectivity index (χ4v) is 4.20. The zero-order chi connectivity index (χ0) is 24.2. The molecule has 1 amide bonds. The summed E-state index contributed by atoms with van der Waals surface area (Å²) in [5.41, 5.74) is 1.32. The van der Waals surface area contributed by atoms with Gasteiger partial charge in [-0.3, -0.25) is 19.8 Å². The summed E-state index contributed by atoms with van der Waals surface area (Å²) in [6.07, 6.45) is 1.59. The van der Waals surface area contributed by atoms with Crippen LogP contribution in [0, 0.1) is 10.1 Å². The fourth-order valence-electron chi connectivity index (χ4n) is 3.96. The first-order valence-corrected chi connectivity index (χ1v) is 10.9. The molecule has 1 aliphatic heterocycles. The van der Waals surface area contributed by atoms with Crippen LogP contribution in [0.15, 0.2) is 60.8 Å². The van der Waals surface area contributed by atoms with Gasteiger partial charge in [-0.15, -0.1) is 0 Å². The standard InChI is InChI=1S/C23H22ClN5O5/c1-34-23(31)21(18-7-2-3-8-19(18)24)26-11-13-27(14-12-26)22(30)20-9-10-28(25-20)16-5-4-6-17(15-16)29(32)33/h2-10,15,21H,11-14H2,1H3. The SMILES string of the molecule is COC(=O)C(c1ccccc1Cl)N1CCN(C(=O)c2ccn(-c3cccc([N+](=O)[O-])c3)n2)CC1. The third kappa shape index (κ3) is 4.78. The van der Waals surface area contributed by atoms with Crippen molar-refractivity contribution in [3.05, 3.63) is 87.2 Å². The van der Waals surface area contributed by atoms with Gasteiger partial charge in [0.2, 0.25) is 0 Å². The van der Waals surface area contributed by atoms with Gasteiger partial charge in [0, 0.05) is 49.5 Å². The van der Waals surface area contributed by atoms with Gasteiger partial charge >= 0.3 is 5.97 Å². The minimum Gasteiger partial charge on any atom is -0.468 e. The lowest BCUT2D eigenvalue weighted by atomic mass is 10.0. The molecule has 1 unspecified atom stereocenters. The number of nitrogens with zero attached hydrogens (tertiary/aromatic N) is 5. The van der Waals surface area contributed by atoms with E-state index in [4.69, 9.17) is 16.3 Å². The Kier molecular flexibility index (Phi) is 6.90. The predicted molar refractivity (Wildman–Crippen MR) is 124 cm³/mol. The molecule has 0 bridgehead atoms. The number of non-ortho nitro benzene ring substituents is 1. The Labute approximate surface area is 200 Å². The number of carbonyl (C=O) groups is 2. The van der Waals surface area contributed by atoms with Crippen molar-refractivity contribution in [1.29, 1.82) is 0 Å². The van der Waals surface area contributed by atoms with Crippen LogP contribution in [-0.2, 0) is 9.53 Å². The molecule has 1 fully saturated rings. The Morgan fingerprint density at radius 2 is 1.82 bits per heavy atom. The number of amides is 1. The minimum absolute atomic E-state index is 0.0596. The van der Waals surface area contributed by atoms with Crippen LogP contribution in [0.5, 0.6) is 0 Å². The van der Waals surface area contributed by atoms with Crippen molar-refractivity contribution in [2.24, 2.45) is 0 Å². The fraction of sp³-hybridized carbons (Fsp3) is 0.261. The predicted octanol–water partition coefficient (Wildman–Crippen LogP) is 3.11. The molecule has 2 heterocycles. The molecule has 0 radical (unpaired) electrons. The van der Waals surface area contributed by atoms with Crippen molar-refractivity contribution in [3.63, 3.8) is 0 Å². The second kappa shape index (κ2) is 10.0. The Morgan fingerprint density at radius 3 is 2.50 bits per heavy atom. The molecule has 34 heavy (non-hydrogen) atoms. The highest BCUT2D eigenvalue weighted by molar-refractivity contribution is 6.31. The molecule has 3 aromatic rings. The van der Waals surface area contributed by atoms with E-state index in [-0.39, 0.29) is 17.3 Å². The van der Waals surface area contributed by atoms with Crippen molar-refractivity contribution >= 4 is 29.2 Å². The molecule has 0 spiro atoms. The van der Waals surface area contributed by atoms with Crippen LogP contribution in [0.3, 0.4) is 0 Å². The van der Waals surface area contributed by atoms with E-state index >= 15 is 0 Å². The topological polar surface area (TPSA) is 111 Å². The Bertz CT molecular complexity index is 1220. The van der Waals surface area contributed by atoms with Crippen LogP contribution in [0.25, 0.3) is 5.69 Å². The van der Waals surface area contributed by atoms with Crippen molar-refractivity contribution in [3.8, 4) is 5.69 Å². The van der Waals surface area contributed by atoms with E-state index in [0.717, 1.165) is 0 Å². The van der Waals surface area contributed by atoms with Crippen LogP contribution < -0.4 is 0 Å². The maximum absolute atomic E-state index is 13.0. The molecule has 176 valence electrons. The summed E-state index contributed by atoms with van der Waals surface area (Å²) in [7, 11) is 1.34. The number of hydrogen-bond acceptors (Lipinski definition) is 7. The number of benzene rings is 2. The molecule has 2 aromatic carbocycles. The third-order valence-electron chi connectivity index (χ3n) is 5.70. The summed E-state index contributed by atoms with van der Waals surface area (Å²) in [4.78, 5) is 39.7. The number of aromatic nitrogens is 2. The number of nitro groups is 1. The van der Waals surface area contributed by atoms with E-state index in [1.165, 1.54) is 23.9 Å². The summed E-state index contributed by atoms with van der Waals surface area (Å²) in [6, 6.07) is 14.1. The van der Waals surface area contributed by atoms with E-state index in [1.807, 2.05) is 11.0 Å². The van der Waals surface area contributed by atoms with Gasteiger partial charge in [-0.1, -0.05) is 35.9 Å². The van der Waals surface area contributed by atoms with Crippen molar-refractivity contribution in [2.75, 3.05) is 33.3 Å². The van der Waals surface area contributed by atoms with E-state index in [9.17, 15) is 19.7 Å². The maximum atomic E-state index is 13.0. The van der Waals surface area contributed by atoms with Gasteiger partial charge in [-0.05, 0) is 23.8 Å². The van der Waals surface area contributed by atoms with Crippen LogP contribution in [0.2, 0.25) is 5.02 Å². The summed E-state index contributed by atoms with van der Waals surface area (Å²) in [5, 5.41) is 15.8. The smallest absolute Gasteiger partial charge is 0.327 e. The summed E-state index contributed by atoms with van der Waals surface area (Å²) in [5.74, 6) is -0.667. The van der Waals surface area contributed by atoms with Gasteiger partial charge in [-0.25, -0.2) is 9.48 Å². The highest BCUT2D eigenvalue weighted by atomic mass is 35.5. The quantitative estimate of drug-likeness (QED) is 0.301. The lowest BCUT2D eigenvalue weighted by molar-refractivity contribution is -0.384. The van der Waals surface area contributed by atoms with E-state index in [1.54, 1.807) is 47.5 Å². The first-order valence-electron chi connectivity index (χ1n) is 10.5. The first-order chi connectivity index (χ1) is 16.4. The summed E-state index contributed by atoms with van der Waals surface area (Å²) < 4.78 is 6.44. The third-order valence-corrected chi connectivity index (χ3v) is 6.05. The molecule has 0 aliphatic carbocycles. The average molecular weight is 484 g/mol. The molecule has 1 atom stereocenters. The van der Waals surface area contributed by atoms with Gasteiger partial charge in [-0.2, -0.15) is 5.10 Å². The molecule has 10 nitrogen and oxygen atoms in total. The van der Waals surface area contributed by atoms with E-state index in [2.05, 4.69) is 5.10 Å².